The molecule has 0 radical (unpaired) electrons. The molecule has 0 unspecified atom stereocenters. The minimum absolute atomic E-state index is 0.878. The van der Waals surface area contributed by atoms with Crippen LogP contribution in [0.2, 0.25) is 14.8 Å². The van der Waals surface area contributed by atoms with E-state index in [0.29, 0.717) is 0 Å². The zero-order chi connectivity index (χ0) is 19.0. The number of carbonyl (C=O) groups excluding carboxylic acids is 1. The fraction of sp³-hybridized carbons (Fsp3) is 0.350. The molecule has 0 aliphatic carbocycles. The predicted octanol–water partition coefficient (Wildman–Crippen LogP) is 7.50. The summed E-state index contributed by atoms with van der Waals surface area (Å²) in [6, 6.07) is 0. The van der Waals surface area contributed by atoms with Crippen molar-refractivity contribution in [3.63, 3.8) is 0 Å². The molecule has 0 amide bonds. The van der Waals surface area contributed by atoms with Crippen molar-refractivity contribution in [3.05, 3.63) is 27.1 Å². The van der Waals surface area contributed by atoms with Crippen molar-refractivity contribution in [1.82, 2.24) is 0 Å². The van der Waals surface area contributed by atoms with Crippen LogP contribution in [-0.2, 0) is 0 Å². The summed E-state index contributed by atoms with van der Waals surface area (Å²) in [6.45, 7) is 8.92. The number of thiophene rings is 4. The normalized spacial score (nSPS) is 12.6. The van der Waals surface area contributed by atoms with Gasteiger partial charge in [-0.3, -0.25) is 0 Å². The number of rotatable bonds is 3. The first-order valence-electron chi connectivity index (χ1n) is 8.66. The van der Waals surface area contributed by atoms with Crippen LogP contribution in [-0.4, -0.2) is 24.7 Å². The molecule has 0 aromatic carbocycles. The van der Waals surface area contributed by atoms with Gasteiger partial charge in [0.25, 0.3) is 0 Å². The molecule has 0 fully saturated rings. The van der Waals surface area contributed by atoms with Crippen LogP contribution >= 0.6 is 45.3 Å². The molecule has 4 heterocycles. The van der Waals surface area contributed by atoms with Crippen LogP contribution in [0, 0.1) is 27.7 Å². The van der Waals surface area contributed by atoms with Gasteiger partial charge in [0.05, 0.1) is 0 Å². The van der Waals surface area contributed by atoms with Crippen molar-refractivity contribution in [1.29, 1.82) is 0 Å². The first-order chi connectivity index (χ1) is 12.1. The van der Waals surface area contributed by atoms with E-state index in [9.17, 15) is 4.79 Å². The fourth-order valence-electron chi connectivity index (χ4n) is 3.58. The van der Waals surface area contributed by atoms with Gasteiger partial charge in [-0.25, -0.2) is 0 Å². The molecule has 0 N–H and O–H groups in total. The number of aryl methyl sites for hydroxylation is 4. The third kappa shape index (κ3) is 2.69. The van der Waals surface area contributed by atoms with Gasteiger partial charge >= 0.3 is 176 Å². The van der Waals surface area contributed by atoms with E-state index >= 15 is 0 Å². The van der Waals surface area contributed by atoms with Crippen LogP contribution in [0.5, 0.6) is 0 Å². The van der Waals surface area contributed by atoms with Crippen LogP contribution in [0.25, 0.3) is 28.6 Å². The van der Waals surface area contributed by atoms with Crippen molar-refractivity contribution in [3.8, 4) is 9.75 Å². The molecular formula is C20H22OS4Sn. The maximum atomic E-state index is 11.3. The van der Waals surface area contributed by atoms with Crippen molar-refractivity contribution in [2.45, 2.75) is 42.5 Å². The Morgan fingerprint density at radius 3 is 1.54 bits per heavy atom. The second kappa shape index (κ2) is 6.41. The van der Waals surface area contributed by atoms with Gasteiger partial charge in [-0.15, -0.1) is 0 Å². The molecule has 0 spiro atoms. The summed E-state index contributed by atoms with van der Waals surface area (Å²) in [5, 5.41) is 0. The van der Waals surface area contributed by atoms with E-state index in [1.807, 2.05) is 22.7 Å². The Balaban J connectivity index is 1.95. The summed E-state index contributed by atoms with van der Waals surface area (Å²) in [5.41, 5.74) is 5.49. The second-order valence-corrected chi connectivity index (χ2v) is 27.4. The SMILES string of the molecule is Cc1c(C=O)sc2c(C)c(-c3sc4c(C)[c]([Sn]([CH3])([CH3])[CH3])sc4c3C)sc12. The Kier molecular flexibility index (Phi) is 4.71. The van der Waals surface area contributed by atoms with E-state index in [-0.39, 0.29) is 0 Å². The van der Waals surface area contributed by atoms with Crippen LogP contribution < -0.4 is 2.89 Å². The number of fused-ring (bicyclic) bond motifs is 2. The first kappa shape index (κ1) is 19.1. The van der Waals surface area contributed by atoms with E-state index in [2.05, 4.69) is 53.9 Å². The third-order valence-corrected chi connectivity index (χ3v) is 20.7. The van der Waals surface area contributed by atoms with Gasteiger partial charge in [-0.1, -0.05) is 0 Å². The molecule has 136 valence electrons. The number of carbonyl (C=O) groups is 1. The van der Waals surface area contributed by atoms with Crippen LogP contribution in [0.1, 0.15) is 31.9 Å². The van der Waals surface area contributed by atoms with Crippen molar-refractivity contribution < 1.29 is 4.79 Å². The van der Waals surface area contributed by atoms with Gasteiger partial charge in [0.2, 0.25) is 0 Å². The summed E-state index contributed by atoms with van der Waals surface area (Å²) in [7, 11) is 0. The summed E-state index contributed by atoms with van der Waals surface area (Å²) in [6.07, 6.45) is 1.00. The first-order valence-corrected chi connectivity index (χ1v) is 21.9. The van der Waals surface area contributed by atoms with E-state index in [4.69, 9.17) is 0 Å². The van der Waals surface area contributed by atoms with Gasteiger partial charge in [-0.2, -0.15) is 0 Å². The molecule has 4 rings (SSSR count). The summed E-state index contributed by atoms with van der Waals surface area (Å²) >= 11 is 5.50. The van der Waals surface area contributed by atoms with Crippen molar-refractivity contribution >= 4 is 91.7 Å². The van der Waals surface area contributed by atoms with Crippen molar-refractivity contribution in [2.24, 2.45) is 0 Å². The molecule has 0 saturated heterocycles. The predicted molar refractivity (Wildman–Crippen MR) is 126 cm³/mol. The molecule has 1 nitrogen and oxygen atoms in total. The van der Waals surface area contributed by atoms with Crippen LogP contribution in [0.4, 0.5) is 0 Å². The Morgan fingerprint density at radius 2 is 1.12 bits per heavy atom. The zero-order valence-electron chi connectivity index (χ0n) is 16.1. The van der Waals surface area contributed by atoms with Gasteiger partial charge in [0, 0.05) is 0 Å². The van der Waals surface area contributed by atoms with Gasteiger partial charge in [0.1, 0.15) is 0 Å². The topological polar surface area (TPSA) is 17.1 Å². The number of hydrogen-bond acceptors (Lipinski definition) is 5. The average molecular weight is 525 g/mol. The average Bonchev–Trinajstić information content (AvgIpc) is 3.24. The van der Waals surface area contributed by atoms with Crippen molar-refractivity contribution in [2.75, 3.05) is 0 Å². The maximum absolute atomic E-state index is 11.3. The molecule has 0 aliphatic rings. The van der Waals surface area contributed by atoms with Gasteiger partial charge < -0.3 is 0 Å². The van der Waals surface area contributed by atoms with E-state index in [1.54, 1.807) is 19.8 Å². The summed E-state index contributed by atoms with van der Waals surface area (Å²) in [4.78, 5) is 22.5. The zero-order valence-corrected chi connectivity index (χ0v) is 22.2. The molecule has 0 atom stereocenters. The monoisotopic (exact) mass is 526 g/mol. The Labute approximate surface area is 174 Å². The van der Waals surface area contributed by atoms with Crippen LogP contribution in [0.3, 0.4) is 0 Å². The Hall–Kier alpha value is -0.211. The molecule has 4 aromatic rings. The van der Waals surface area contributed by atoms with E-state index in [1.165, 1.54) is 39.7 Å². The number of hydrogen-bond donors (Lipinski definition) is 0. The summed E-state index contributed by atoms with van der Waals surface area (Å²) in [5.74, 6) is 0. The third-order valence-electron chi connectivity index (χ3n) is 4.99. The molecule has 4 aromatic heterocycles. The minimum atomic E-state index is -2.06. The molecule has 0 saturated carbocycles. The molecule has 6 heteroatoms. The van der Waals surface area contributed by atoms with Gasteiger partial charge in [-0.05, 0) is 0 Å². The Bertz CT molecular complexity index is 1180. The van der Waals surface area contributed by atoms with Gasteiger partial charge in [0.15, 0.2) is 0 Å². The molecule has 0 bridgehead atoms. The molecular weight excluding hydrogens is 503 g/mol. The van der Waals surface area contributed by atoms with E-state index in [0.717, 1.165) is 16.7 Å². The summed E-state index contributed by atoms with van der Waals surface area (Å²) < 4.78 is 7.31. The standard InChI is InChI=1S/C17H13OS4.3CH3.Sn/c1-7-6-19-13-9(3)16(21-12(7)13)17-10(4)15-14(22-17)8(2)11(5-18)20-15;;;;/h5H,1-4H3;3*1H3;. The fourth-order valence-corrected chi connectivity index (χ4v) is 16.6. The van der Waals surface area contributed by atoms with Crippen LogP contribution in [0.15, 0.2) is 0 Å². The molecule has 26 heavy (non-hydrogen) atoms. The van der Waals surface area contributed by atoms with E-state index < -0.39 is 18.4 Å². The number of aldehydes is 1. The molecule has 0 aliphatic heterocycles. The second-order valence-electron chi connectivity index (χ2n) is 7.94. The Morgan fingerprint density at radius 1 is 0.654 bits per heavy atom. The quantitative estimate of drug-likeness (QED) is 0.200.